The molecule has 0 saturated heterocycles. The first-order valence-corrected chi connectivity index (χ1v) is 8.68. The van der Waals surface area contributed by atoms with Crippen LogP contribution in [0.4, 0.5) is 0 Å². The molecule has 9 N–H and O–H groups in total. The Bertz CT molecular complexity index is 492. The van der Waals surface area contributed by atoms with Gasteiger partial charge in [0.2, 0.25) is 17.7 Å². The lowest BCUT2D eigenvalue weighted by molar-refractivity contribution is -0.141. The van der Waals surface area contributed by atoms with E-state index in [0.717, 1.165) is 0 Å². The molecule has 0 aliphatic heterocycles. The average molecular weight is 393 g/mol. The molecular weight excluding hydrogens is 366 g/mol. The fourth-order valence-electron chi connectivity index (χ4n) is 1.94. The maximum Gasteiger partial charge on any atom is 0.327 e. The van der Waals surface area contributed by atoms with Gasteiger partial charge in [-0.15, -0.1) is 0 Å². The predicted molar refractivity (Wildman–Crippen MR) is 96.3 cm³/mol. The van der Waals surface area contributed by atoms with Gasteiger partial charge in [0.05, 0.1) is 13.2 Å². The molecule has 0 bridgehead atoms. The summed E-state index contributed by atoms with van der Waals surface area (Å²) in [6, 6.07) is -3.55. The summed E-state index contributed by atoms with van der Waals surface area (Å²) in [7, 11) is 0. The summed E-state index contributed by atoms with van der Waals surface area (Å²) in [5.41, 5.74) is 10.5. The second-order valence-corrected chi connectivity index (χ2v) is 5.80. The Labute approximate surface area is 156 Å². The number of carbonyl (C=O) groups is 4. The summed E-state index contributed by atoms with van der Waals surface area (Å²) in [6.45, 7) is -0.669. The fraction of sp³-hybridized carbons (Fsp3) is 0.714. The van der Waals surface area contributed by atoms with E-state index in [-0.39, 0.29) is 18.7 Å². The normalized spacial score (nSPS) is 14.0. The quantitative estimate of drug-likeness (QED) is 0.117. The molecule has 11 nitrogen and oxygen atoms in total. The van der Waals surface area contributed by atoms with Crippen molar-refractivity contribution in [3.05, 3.63) is 0 Å². The number of hydrogen-bond donors (Lipinski definition) is 8. The molecule has 150 valence electrons. The third-order valence-corrected chi connectivity index (χ3v) is 3.76. The van der Waals surface area contributed by atoms with E-state index in [9.17, 15) is 24.3 Å². The number of aliphatic carboxylic acids is 1. The maximum absolute atomic E-state index is 12.3. The molecule has 0 aliphatic rings. The Hall–Kier alpha value is -1.89. The SMILES string of the molecule is NCCCCC(NC(=O)C(CO)NC(=O)CN)C(=O)NC(CS)C(=O)O. The first kappa shape index (κ1) is 24.1. The van der Waals surface area contributed by atoms with E-state index in [1.54, 1.807) is 0 Å². The van der Waals surface area contributed by atoms with E-state index in [1.165, 1.54) is 0 Å². The van der Waals surface area contributed by atoms with Crippen molar-refractivity contribution in [2.24, 2.45) is 11.5 Å². The number of carboxylic acids is 1. The number of thiol groups is 1. The zero-order chi connectivity index (χ0) is 20.1. The molecule has 12 heteroatoms. The van der Waals surface area contributed by atoms with Gasteiger partial charge in [0.25, 0.3) is 0 Å². The summed E-state index contributed by atoms with van der Waals surface area (Å²) in [5, 5.41) is 25.1. The number of unbranched alkanes of at least 4 members (excludes halogenated alkanes) is 1. The van der Waals surface area contributed by atoms with Gasteiger partial charge in [-0.3, -0.25) is 14.4 Å². The first-order valence-electron chi connectivity index (χ1n) is 8.05. The largest absolute Gasteiger partial charge is 0.480 e. The number of hydrogen-bond acceptors (Lipinski definition) is 8. The zero-order valence-corrected chi connectivity index (χ0v) is 15.2. The Morgan fingerprint density at radius 3 is 1.96 bits per heavy atom. The van der Waals surface area contributed by atoms with E-state index in [4.69, 9.17) is 16.6 Å². The van der Waals surface area contributed by atoms with Crippen molar-refractivity contribution in [2.75, 3.05) is 25.4 Å². The van der Waals surface area contributed by atoms with Crippen LogP contribution in [0.1, 0.15) is 19.3 Å². The molecule has 0 aromatic carbocycles. The van der Waals surface area contributed by atoms with Crippen LogP contribution in [-0.2, 0) is 19.2 Å². The summed E-state index contributed by atoms with van der Waals surface area (Å²) in [4.78, 5) is 46.8. The van der Waals surface area contributed by atoms with Crippen molar-refractivity contribution in [1.82, 2.24) is 16.0 Å². The van der Waals surface area contributed by atoms with Gasteiger partial charge in [0, 0.05) is 5.75 Å². The first-order chi connectivity index (χ1) is 12.3. The molecule has 0 saturated carbocycles. The van der Waals surface area contributed by atoms with Crippen molar-refractivity contribution in [3.8, 4) is 0 Å². The fourth-order valence-corrected chi connectivity index (χ4v) is 2.19. The number of aliphatic hydroxyl groups is 1. The third kappa shape index (κ3) is 8.99. The van der Waals surface area contributed by atoms with Crippen molar-refractivity contribution >= 4 is 36.3 Å². The third-order valence-electron chi connectivity index (χ3n) is 3.40. The number of rotatable bonds is 13. The Morgan fingerprint density at radius 1 is 0.923 bits per heavy atom. The van der Waals surface area contributed by atoms with Gasteiger partial charge in [-0.2, -0.15) is 12.6 Å². The summed E-state index contributed by atoms with van der Waals surface area (Å²) in [6.07, 6.45) is 1.31. The highest BCUT2D eigenvalue weighted by molar-refractivity contribution is 7.80. The smallest absolute Gasteiger partial charge is 0.327 e. The van der Waals surface area contributed by atoms with Crippen molar-refractivity contribution in [1.29, 1.82) is 0 Å². The van der Waals surface area contributed by atoms with Gasteiger partial charge in [-0.05, 0) is 25.8 Å². The van der Waals surface area contributed by atoms with Crippen LogP contribution in [0.15, 0.2) is 0 Å². The van der Waals surface area contributed by atoms with E-state index >= 15 is 0 Å². The standard InChI is InChI=1S/C14H27N5O6S/c15-4-2-1-3-8(12(22)19-10(7-26)14(24)25)18-13(23)9(6-20)17-11(21)5-16/h8-10,20,26H,1-7,15-16H2,(H,17,21)(H,18,23)(H,19,22)(H,24,25). The van der Waals surface area contributed by atoms with Crippen LogP contribution >= 0.6 is 12.6 Å². The van der Waals surface area contributed by atoms with Crippen LogP contribution in [0.25, 0.3) is 0 Å². The minimum Gasteiger partial charge on any atom is -0.480 e. The summed E-state index contributed by atoms with van der Waals surface area (Å²) < 4.78 is 0. The topological polar surface area (TPSA) is 197 Å². The molecule has 0 aromatic heterocycles. The van der Waals surface area contributed by atoms with Crippen LogP contribution in [0.2, 0.25) is 0 Å². The maximum atomic E-state index is 12.3. The second-order valence-electron chi connectivity index (χ2n) is 5.43. The zero-order valence-electron chi connectivity index (χ0n) is 14.3. The van der Waals surface area contributed by atoms with Crippen molar-refractivity contribution in [2.45, 2.75) is 37.4 Å². The number of nitrogens with two attached hydrogens (primary N) is 2. The van der Waals surface area contributed by atoms with Crippen molar-refractivity contribution in [3.63, 3.8) is 0 Å². The molecule has 0 rings (SSSR count). The highest BCUT2D eigenvalue weighted by Gasteiger charge is 2.28. The molecule has 0 heterocycles. The number of amides is 3. The molecule has 3 unspecified atom stereocenters. The number of nitrogens with one attached hydrogen (secondary N) is 3. The lowest BCUT2D eigenvalue weighted by Gasteiger charge is -2.23. The van der Waals surface area contributed by atoms with Gasteiger partial charge >= 0.3 is 5.97 Å². The van der Waals surface area contributed by atoms with Crippen molar-refractivity contribution < 1.29 is 29.4 Å². The molecule has 0 spiro atoms. The Morgan fingerprint density at radius 2 is 1.50 bits per heavy atom. The molecule has 3 amide bonds. The van der Waals surface area contributed by atoms with Crippen LogP contribution in [-0.4, -0.2) is 77.5 Å². The van der Waals surface area contributed by atoms with Crippen LogP contribution < -0.4 is 27.4 Å². The number of aliphatic hydroxyl groups excluding tert-OH is 1. The molecule has 3 atom stereocenters. The Kier molecular flexibility index (Phi) is 12.4. The van der Waals surface area contributed by atoms with Crippen LogP contribution in [0.5, 0.6) is 0 Å². The number of carbonyl (C=O) groups excluding carboxylic acids is 3. The molecular formula is C14H27N5O6S. The van der Waals surface area contributed by atoms with Crippen LogP contribution in [0, 0.1) is 0 Å². The average Bonchev–Trinajstić information content (AvgIpc) is 2.62. The van der Waals surface area contributed by atoms with Gasteiger partial charge < -0.3 is 37.6 Å². The highest BCUT2D eigenvalue weighted by atomic mass is 32.1. The lowest BCUT2D eigenvalue weighted by atomic mass is 10.1. The van der Waals surface area contributed by atoms with Gasteiger partial charge in [-0.25, -0.2) is 4.79 Å². The van der Waals surface area contributed by atoms with E-state index in [0.29, 0.717) is 19.4 Å². The molecule has 0 radical (unpaired) electrons. The second kappa shape index (κ2) is 13.3. The molecule has 0 aliphatic carbocycles. The van der Waals surface area contributed by atoms with E-state index in [2.05, 4.69) is 28.6 Å². The molecule has 0 aromatic rings. The minimum atomic E-state index is -1.28. The minimum absolute atomic E-state index is 0.129. The van der Waals surface area contributed by atoms with Gasteiger partial charge in [0.15, 0.2) is 0 Å². The molecule has 0 fully saturated rings. The van der Waals surface area contributed by atoms with E-state index in [1.807, 2.05) is 0 Å². The highest BCUT2D eigenvalue weighted by Crippen LogP contribution is 2.03. The molecule has 26 heavy (non-hydrogen) atoms. The number of carboxylic acid groups (broad SMARTS) is 1. The van der Waals surface area contributed by atoms with E-state index < -0.39 is 48.4 Å². The summed E-state index contributed by atoms with van der Waals surface area (Å²) >= 11 is 3.86. The van der Waals surface area contributed by atoms with Crippen LogP contribution in [0.3, 0.4) is 0 Å². The van der Waals surface area contributed by atoms with Gasteiger partial charge in [0.1, 0.15) is 18.1 Å². The Balaban J connectivity index is 5.04. The lowest BCUT2D eigenvalue weighted by Crippen LogP contribution is -2.57. The monoisotopic (exact) mass is 393 g/mol. The predicted octanol–water partition coefficient (Wildman–Crippen LogP) is -3.46. The van der Waals surface area contributed by atoms with Gasteiger partial charge in [-0.1, -0.05) is 0 Å². The summed E-state index contributed by atoms with van der Waals surface area (Å²) in [5.74, 6) is -3.54.